The summed E-state index contributed by atoms with van der Waals surface area (Å²) in [5.74, 6) is -0.571. The lowest BCUT2D eigenvalue weighted by atomic mass is 10.0. The van der Waals surface area contributed by atoms with E-state index in [0.29, 0.717) is 53.4 Å². The topological polar surface area (TPSA) is 378 Å². The highest BCUT2D eigenvalue weighted by Gasteiger charge is 2.30. The Bertz CT molecular complexity index is 7210. The second-order valence-corrected chi connectivity index (χ2v) is 30.8. The third kappa shape index (κ3) is 18.8. The van der Waals surface area contributed by atoms with Crippen LogP contribution in [0.15, 0.2) is 300 Å². The third-order valence-electron chi connectivity index (χ3n) is 22.7. The van der Waals surface area contributed by atoms with Gasteiger partial charge in [0.1, 0.15) is 22.6 Å². The van der Waals surface area contributed by atoms with Crippen LogP contribution in [0.25, 0.3) is 144 Å². The number of hydrogen-bond donors (Lipinski definition) is 13. The van der Waals surface area contributed by atoms with Gasteiger partial charge in [-0.05, 0) is 182 Å². The van der Waals surface area contributed by atoms with Gasteiger partial charge in [-0.15, -0.1) is 0 Å². The van der Waals surface area contributed by atoms with Gasteiger partial charge in [0.25, 0.3) is 23.6 Å². The van der Waals surface area contributed by atoms with Crippen LogP contribution >= 0.6 is 0 Å². The molecule has 1 unspecified atom stereocenters. The molecule has 6 aromatic carbocycles. The molecule has 30 heteroatoms. The molecular weight excluding hydrogens is 1620 g/mol. The summed E-state index contributed by atoms with van der Waals surface area (Å²) >= 11 is 0. The smallest absolute Gasteiger partial charge is 0.361 e. The van der Waals surface area contributed by atoms with Crippen molar-refractivity contribution in [2.45, 2.75) is 44.4 Å². The quantitative estimate of drug-likeness (QED) is 0.0318. The standard InChI is InChI=1S/C25H18F3N5O.C25H18N6O.C24H26N6O.C24H20N6O/c26-25(27,28)20-7-1-15(2-8-20)10-31-24(34)17-5-3-16(4-6-17)18-9-21-22(19-12-32-33-13-19)14-30-23(21)29-11-18;32-25(31-20-5-6-23-17(9-20)7-8-26-23)16-3-1-15(2-4-16)18-10-21-22(19-12-29-30-13-19)14-28-24(21)27-11-18;1-30-10-2-3-20(30)8-9-25-24(31)17-6-4-16(5-7-17)18-11-21-22(19-13-28-29-14-19)15-27-23(21)26-12-18;31-24(26-10-8-20-3-1-2-9-25-20)17-6-4-16(5-7-17)18-11-21-22(19-13-29-30-14-19)15-28-23(21)27-12-18/h1-9,11-14H,10H2,(H,29,30)(H,31,34)(H,32,33);1-14,26H,(H,27,28)(H,29,30)(H,31,32);4-7,11-15,20H,2-3,8-10H2,1H3,(H,25,31)(H,26,27)(H,28,29);1-7,9,11-15H,8,10H2,(H,26,31)(H,27,28)(H,29,30). The molecule has 128 heavy (non-hydrogen) atoms. The summed E-state index contributed by atoms with van der Waals surface area (Å²) in [5.41, 5.74) is 24.1. The van der Waals surface area contributed by atoms with Crippen molar-refractivity contribution < 1.29 is 32.3 Å². The zero-order chi connectivity index (χ0) is 87.5. The highest BCUT2D eigenvalue weighted by atomic mass is 19.4. The highest BCUT2D eigenvalue weighted by Crippen LogP contribution is 2.37. The Morgan fingerprint density at radius 1 is 0.406 bits per heavy atom. The van der Waals surface area contributed by atoms with E-state index in [-0.39, 0.29) is 30.2 Å². The number of pyridine rings is 5. The number of aromatic amines is 9. The predicted molar refractivity (Wildman–Crippen MR) is 488 cm³/mol. The molecule has 14 aromatic heterocycles. The summed E-state index contributed by atoms with van der Waals surface area (Å²) in [6.45, 7) is 2.54. The molecule has 27 nitrogen and oxygen atoms in total. The van der Waals surface area contributed by atoms with Crippen molar-refractivity contribution in [2.24, 2.45) is 0 Å². The number of rotatable bonds is 21. The lowest BCUT2D eigenvalue weighted by molar-refractivity contribution is -0.137. The Labute approximate surface area is 728 Å². The summed E-state index contributed by atoms with van der Waals surface area (Å²) in [4.78, 5) is 90.9. The fourth-order valence-electron chi connectivity index (χ4n) is 15.6. The number of fused-ring (bicyclic) bond motifs is 5. The average Bonchev–Trinajstić information content (AvgIpc) is 1.67. The van der Waals surface area contributed by atoms with Crippen LogP contribution < -0.4 is 21.3 Å². The number of aromatic nitrogens is 18. The van der Waals surface area contributed by atoms with Crippen molar-refractivity contribution in [2.75, 3.05) is 32.0 Å². The second-order valence-electron chi connectivity index (χ2n) is 30.8. The lowest BCUT2D eigenvalue weighted by Gasteiger charge is -2.19. The number of likely N-dealkylation sites (tertiary alicyclic amines) is 1. The van der Waals surface area contributed by atoms with Crippen molar-refractivity contribution in [3.05, 3.63) is 339 Å². The van der Waals surface area contributed by atoms with Crippen LogP contribution in [0.2, 0.25) is 0 Å². The summed E-state index contributed by atoms with van der Waals surface area (Å²) < 4.78 is 38.0. The van der Waals surface area contributed by atoms with E-state index in [0.717, 1.165) is 181 Å². The summed E-state index contributed by atoms with van der Waals surface area (Å²) in [6, 6.07) is 57.1. The summed E-state index contributed by atoms with van der Waals surface area (Å²) in [5, 5.41) is 44.2. The van der Waals surface area contributed by atoms with Crippen LogP contribution in [-0.2, 0) is 19.1 Å². The van der Waals surface area contributed by atoms with Gasteiger partial charge in [0.2, 0.25) is 0 Å². The molecule has 1 aliphatic rings. The molecule has 0 radical (unpaired) electrons. The number of carbonyl (C=O) groups is 4. The van der Waals surface area contributed by atoms with Gasteiger partial charge in [-0.1, -0.05) is 66.7 Å². The maximum Gasteiger partial charge on any atom is 0.416 e. The van der Waals surface area contributed by atoms with E-state index >= 15 is 0 Å². The third-order valence-corrected chi connectivity index (χ3v) is 22.7. The largest absolute Gasteiger partial charge is 0.416 e. The highest BCUT2D eigenvalue weighted by molar-refractivity contribution is 6.06. The Balaban J connectivity index is 0.000000115. The molecule has 21 rings (SSSR count). The number of hydrogen-bond acceptors (Lipinski definition) is 14. The number of alkyl halides is 3. The molecule has 0 bridgehead atoms. The molecule has 15 heterocycles. The minimum absolute atomic E-state index is 0.0198. The molecule has 1 atom stereocenters. The number of amides is 4. The van der Waals surface area contributed by atoms with Crippen molar-refractivity contribution in [1.82, 2.24) is 111 Å². The normalized spacial score (nSPS) is 12.6. The number of H-pyrrole nitrogens is 9. The van der Waals surface area contributed by atoms with Crippen molar-refractivity contribution in [3.63, 3.8) is 0 Å². The van der Waals surface area contributed by atoms with E-state index in [1.54, 1.807) is 49.3 Å². The predicted octanol–water partition coefficient (Wildman–Crippen LogP) is 18.7. The lowest BCUT2D eigenvalue weighted by Crippen LogP contribution is -2.31. The van der Waals surface area contributed by atoms with Gasteiger partial charge in [-0.25, -0.2) is 19.9 Å². The molecule has 1 aliphatic heterocycles. The first-order valence-corrected chi connectivity index (χ1v) is 41.4. The molecule has 4 amide bonds. The molecule has 13 N–H and O–H groups in total. The summed E-state index contributed by atoms with van der Waals surface area (Å²) in [7, 11) is 2.16. The van der Waals surface area contributed by atoms with E-state index in [9.17, 15) is 32.3 Å². The molecule has 0 aliphatic carbocycles. The first-order valence-electron chi connectivity index (χ1n) is 41.4. The molecule has 0 saturated carbocycles. The number of benzene rings is 6. The van der Waals surface area contributed by atoms with E-state index < -0.39 is 11.7 Å². The Morgan fingerprint density at radius 2 is 0.820 bits per heavy atom. The van der Waals surface area contributed by atoms with Gasteiger partial charge in [-0.2, -0.15) is 33.6 Å². The number of nitrogens with one attached hydrogen (secondary N) is 13. The zero-order valence-electron chi connectivity index (χ0n) is 68.8. The van der Waals surface area contributed by atoms with Crippen LogP contribution in [0.3, 0.4) is 0 Å². The van der Waals surface area contributed by atoms with Gasteiger partial charge in [0, 0.05) is 252 Å². The van der Waals surface area contributed by atoms with Gasteiger partial charge in [0.15, 0.2) is 0 Å². The van der Waals surface area contributed by atoms with Crippen molar-refractivity contribution in [3.8, 4) is 89.0 Å². The average molecular weight is 1700 g/mol. The van der Waals surface area contributed by atoms with E-state index in [4.69, 9.17) is 0 Å². The molecule has 1 fully saturated rings. The van der Waals surface area contributed by atoms with Crippen LogP contribution in [0.1, 0.15) is 77.5 Å². The van der Waals surface area contributed by atoms with Crippen LogP contribution in [-0.4, -0.2) is 152 Å². The van der Waals surface area contributed by atoms with E-state index in [1.165, 1.54) is 25.0 Å². The fraction of sp³-hybridized carbons (Fsp3) is 0.112. The second kappa shape index (κ2) is 37.1. The number of nitrogens with zero attached hydrogens (tertiary/aromatic N) is 10. The zero-order valence-corrected chi connectivity index (χ0v) is 68.8. The summed E-state index contributed by atoms with van der Waals surface area (Å²) in [6.07, 6.45) is 32.9. The molecule has 20 aromatic rings. The van der Waals surface area contributed by atoms with Gasteiger partial charge in [-0.3, -0.25) is 44.6 Å². The number of carbonyl (C=O) groups excluding carboxylic acids is 4. The van der Waals surface area contributed by atoms with Crippen molar-refractivity contribution in [1.29, 1.82) is 0 Å². The maximum atomic E-state index is 12.7. The van der Waals surface area contributed by atoms with Crippen LogP contribution in [0.5, 0.6) is 0 Å². The van der Waals surface area contributed by atoms with Gasteiger partial charge < -0.3 is 51.1 Å². The first kappa shape index (κ1) is 82.2. The van der Waals surface area contributed by atoms with E-state index in [2.05, 4.69) is 142 Å². The monoisotopic (exact) mass is 1700 g/mol. The Kier molecular flexibility index (Phi) is 23.8. The van der Waals surface area contributed by atoms with Gasteiger partial charge in [0.05, 0.1) is 30.4 Å². The fourth-order valence-corrected chi connectivity index (χ4v) is 15.6. The van der Waals surface area contributed by atoms with Crippen LogP contribution in [0, 0.1) is 0 Å². The molecule has 1 saturated heterocycles. The molecular formula is C98H82F3N23O4. The maximum absolute atomic E-state index is 12.7. The number of anilines is 1. The van der Waals surface area contributed by atoms with Crippen molar-refractivity contribution >= 4 is 84.4 Å². The first-order chi connectivity index (χ1) is 62.6. The number of halogens is 3. The van der Waals surface area contributed by atoms with E-state index in [1.807, 2.05) is 208 Å². The minimum Gasteiger partial charge on any atom is -0.361 e. The minimum atomic E-state index is -4.38. The molecule has 634 valence electrons. The Hall–Kier alpha value is -16.8. The Morgan fingerprint density at radius 3 is 1.20 bits per heavy atom. The SMILES string of the molecule is CN1CCCC1CCNC(=O)c1ccc(-c2cnc3[nH]cc(-c4cn[nH]c4)c3c2)cc1.O=C(NCCc1ccccn1)c1ccc(-c2cnc3[nH]cc(-c4cn[nH]c4)c3c2)cc1.O=C(NCc1ccc(C(F)(F)F)cc1)c1ccc(-c2cnc3[nH]cc(-c4cn[nH]c4)c3c2)cc1.O=C(Nc1ccc2[nH]ccc2c1)c1ccc(-c2cnc3[nH]cc(-c4cn[nH]c4)c3c2)cc1. The molecule has 0 spiro atoms. The van der Waals surface area contributed by atoms with Crippen LogP contribution in [0.4, 0.5) is 18.9 Å². The van der Waals surface area contributed by atoms with Gasteiger partial charge >= 0.3 is 6.18 Å².